The molecular weight excluding hydrogens is 328 g/mol. The van der Waals surface area contributed by atoms with E-state index in [1.54, 1.807) is 13.1 Å². The summed E-state index contributed by atoms with van der Waals surface area (Å²) in [6.07, 6.45) is 0. The Morgan fingerprint density at radius 3 is 2.38 bits per heavy atom. The lowest BCUT2D eigenvalue weighted by atomic mass is 10.0. The standard InChI is InChI=1S/C21H16N2O3/c1-23-20(21(24)25)17-12-7-11-16(19(17)22-23)15-10-5-6-13-18(15)26-14-8-3-2-4-9-14/h2-13H,1H3,(H,24,25). The summed E-state index contributed by atoms with van der Waals surface area (Å²) in [5.41, 5.74) is 2.49. The second kappa shape index (κ2) is 6.37. The van der Waals surface area contributed by atoms with Gasteiger partial charge in [0.05, 0.1) is 0 Å². The number of carbonyl (C=O) groups is 1. The summed E-state index contributed by atoms with van der Waals surface area (Å²) >= 11 is 0. The van der Waals surface area contributed by atoms with Gasteiger partial charge in [0, 0.05) is 23.6 Å². The smallest absolute Gasteiger partial charge is 0.354 e. The van der Waals surface area contributed by atoms with Crippen LogP contribution in [-0.2, 0) is 7.05 Å². The van der Waals surface area contributed by atoms with Gasteiger partial charge in [-0.05, 0) is 18.2 Å². The van der Waals surface area contributed by atoms with Gasteiger partial charge in [-0.2, -0.15) is 5.10 Å². The van der Waals surface area contributed by atoms with Gasteiger partial charge in [0.25, 0.3) is 0 Å². The molecule has 0 aliphatic rings. The zero-order chi connectivity index (χ0) is 18.1. The molecule has 4 rings (SSSR count). The van der Waals surface area contributed by atoms with Gasteiger partial charge in [-0.15, -0.1) is 0 Å². The molecule has 26 heavy (non-hydrogen) atoms. The predicted octanol–water partition coefficient (Wildman–Crippen LogP) is 4.73. The minimum atomic E-state index is -0.999. The van der Waals surface area contributed by atoms with E-state index in [1.807, 2.05) is 66.7 Å². The Bertz CT molecular complexity index is 1100. The lowest BCUT2D eigenvalue weighted by Crippen LogP contribution is -2.05. The number of carboxylic acid groups (broad SMARTS) is 1. The van der Waals surface area contributed by atoms with Crippen LogP contribution in [0.1, 0.15) is 10.5 Å². The third kappa shape index (κ3) is 2.69. The highest BCUT2D eigenvalue weighted by Crippen LogP contribution is 2.37. The van der Waals surface area contributed by atoms with Crippen molar-refractivity contribution in [1.29, 1.82) is 0 Å². The molecule has 0 aliphatic heterocycles. The Morgan fingerprint density at radius 2 is 1.62 bits per heavy atom. The number of ether oxygens (including phenoxy) is 1. The number of para-hydroxylation sites is 2. The Balaban J connectivity index is 1.89. The molecule has 0 fully saturated rings. The van der Waals surface area contributed by atoms with E-state index in [1.165, 1.54) is 4.68 Å². The number of fused-ring (bicyclic) bond motifs is 1. The van der Waals surface area contributed by atoms with Crippen LogP contribution >= 0.6 is 0 Å². The van der Waals surface area contributed by atoms with Crippen molar-refractivity contribution in [1.82, 2.24) is 9.78 Å². The van der Waals surface area contributed by atoms with Crippen LogP contribution in [0.2, 0.25) is 0 Å². The lowest BCUT2D eigenvalue weighted by molar-refractivity contribution is 0.0687. The predicted molar refractivity (Wildman–Crippen MR) is 99.6 cm³/mol. The number of benzene rings is 3. The molecule has 0 radical (unpaired) electrons. The normalized spacial score (nSPS) is 10.8. The van der Waals surface area contributed by atoms with Crippen LogP contribution < -0.4 is 4.74 Å². The van der Waals surface area contributed by atoms with Gasteiger partial charge in [-0.25, -0.2) is 4.79 Å². The molecule has 0 unspecified atom stereocenters. The van der Waals surface area contributed by atoms with E-state index in [9.17, 15) is 9.90 Å². The third-order valence-electron chi connectivity index (χ3n) is 4.22. The quantitative estimate of drug-likeness (QED) is 0.581. The summed E-state index contributed by atoms with van der Waals surface area (Å²) < 4.78 is 7.45. The summed E-state index contributed by atoms with van der Waals surface area (Å²) in [4.78, 5) is 11.6. The van der Waals surface area contributed by atoms with Gasteiger partial charge < -0.3 is 9.84 Å². The largest absolute Gasteiger partial charge is 0.477 e. The van der Waals surface area contributed by atoms with Crippen molar-refractivity contribution >= 4 is 16.9 Å². The van der Waals surface area contributed by atoms with E-state index in [4.69, 9.17) is 4.74 Å². The highest BCUT2D eigenvalue weighted by Gasteiger charge is 2.19. The number of aryl methyl sites for hydroxylation is 1. The molecule has 5 nitrogen and oxygen atoms in total. The van der Waals surface area contributed by atoms with Crippen LogP contribution in [0.5, 0.6) is 11.5 Å². The van der Waals surface area contributed by atoms with Gasteiger partial charge in [-0.3, -0.25) is 4.68 Å². The fourth-order valence-corrected chi connectivity index (χ4v) is 3.08. The van der Waals surface area contributed by atoms with Crippen molar-refractivity contribution < 1.29 is 14.6 Å². The maximum atomic E-state index is 11.6. The average Bonchev–Trinajstić information content (AvgIpc) is 2.99. The number of nitrogens with zero attached hydrogens (tertiary/aromatic N) is 2. The molecule has 128 valence electrons. The molecular formula is C21H16N2O3. The van der Waals surface area contributed by atoms with Crippen molar-refractivity contribution in [2.45, 2.75) is 0 Å². The molecule has 0 saturated carbocycles. The van der Waals surface area contributed by atoms with Crippen molar-refractivity contribution in [2.24, 2.45) is 7.05 Å². The van der Waals surface area contributed by atoms with E-state index in [0.29, 0.717) is 16.7 Å². The molecule has 0 spiro atoms. The molecule has 0 aliphatic carbocycles. The Morgan fingerprint density at radius 1 is 0.923 bits per heavy atom. The molecule has 0 bridgehead atoms. The van der Waals surface area contributed by atoms with Crippen molar-refractivity contribution in [2.75, 3.05) is 0 Å². The van der Waals surface area contributed by atoms with E-state index in [-0.39, 0.29) is 5.69 Å². The molecule has 1 N–H and O–H groups in total. The molecule has 0 saturated heterocycles. The highest BCUT2D eigenvalue weighted by molar-refractivity contribution is 6.06. The average molecular weight is 344 g/mol. The molecule has 0 atom stereocenters. The van der Waals surface area contributed by atoms with Crippen molar-refractivity contribution in [3.63, 3.8) is 0 Å². The second-order valence-electron chi connectivity index (χ2n) is 5.89. The van der Waals surface area contributed by atoms with E-state index >= 15 is 0 Å². The first-order valence-electron chi connectivity index (χ1n) is 8.16. The van der Waals surface area contributed by atoms with Crippen molar-refractivity contribution in [3.8, 4) is 22.6 Å². The molecule has 3 aromatic carbocycles. The van der Waals surface area contributed by atoms with Crippen molar-refractivity contribution in [3.05, 3.63) is 78.5 Å². The van der Waals surface area contributed by atoms with E-state index < -0.39 is 5.97 Å². The number of rotatable bonds is 4. The first-order chi connectivity index (χ1) is 12.6. The van der Waals surface area contributed by atoms with Crippen LogP contribution in [0, 0.1) is 0 Å². The Labute approximate surface area is 150 Å². The van der Waals surface area contributed by atoms with Gasteiger partial charge >= 0.3 is 5.97 Å². The Kier molecular flexibility index (Phi) is 3.89. The summed E-state index contributed by atoms with van der Waals surface area (Å²) in [6.45, 7) is 0. The van der Waals surface area contributed by atoms with Crippen LogP contribution in [0.3, 0.4) is 0 Å². The van der Waals surface area contributed by atoms with Gasteiger partial charge in [-0.1, -0.05) is 54.6 Å². The lowest BCUT2D eigenvalue weighted by Gasteiger charge is -2.11. The zero-order valence-electron chi connectivity index (χ0n) is 14.1. The molecule has 1 aromatic heterocycles. The van der Waals surface area contributed by atoms with E-state index in [0.717, 1.165) is 16.9 Å². The molecule has 0 amide bonds. The van der Waals surface area contributed by atoms with Gasteiger partial charge in [0.15, 0.2) is 5.69 Å². The van der Waals surface area contributed by atoms with Gasteiger partial charge in [0.1, 0.15) is 17.0 Å². The second-order valence-corrected chi connectivity index (χ2v) is 5.89. The monoisotopic (exact) mass is 344 g/mol. The number of aromatic nitrogens is 2. The topological polar surface area (TPSA) is 64.4 Å². The van der Waals surface area contributed by atoms with Crippen LogP contribution in [-0.4, -0.2) is 20.9 Å². The fourth-order valence-electron chi connectivity index (χ4n) is 3.08. The maximum Gasteiger partial charge on any atom is 0.354 e. The summed E-state index contributed by atoms with van der Waals surface area (Å²) in [5, 5.41) is 14.5. The zero-order valence-corrected chi connectivity index (χ0v) is 14.1. The first-order valence-corrected chi connectivity index (χ1v) is 8.16. The van der Waals surface area contributed by atoms with Crippen LogP contribution in [0.25, 0.3) is 22.0 Å². The summed E-state index contributed by atoms with van der Waals surface area (Å²) in [6, 6.07) is 22.7. The van der Waals surface area contributed by atoms with Crippen LogP contribution in [0.15, 0.2) is 72.8 Å². The number of aromatic carboxylic acids is 1. The summed E-state index contributed by atoms with van der Waals surface area (Å²) in [5.74, 6) is 0.425. The summed E-state index contributed by atoms with van der Waals surface area (Å²) in [7, 11) is 1.64. The number of hydrogen-bond acceptors (Lipinski definition) is 3. The molecule has 5 heteroatoms. The van der Waals surface area contributed by atoms with E-state index in [2.05, 4.69) is 5.10 Å². The molecule has 4 aromatic rings. The van der Waals surface area contributed by atoms with Crippen LogP contribution in [0.4, 0.5) is 0 Å². The SMILES string of the molecule is Cn1nc2c(-c3ccccc3Oc3ccccc3)cccc2c1C(=O)O. The highest BCUT2D eigenvalue weighted by atomic mass is 16.5. The third-order valence-corrected chi connectivity index (χ3v) is 4.22. The number of carboxylic acids is 1. The first kappa shape index (κ1) is 15.9. The molecule has 1 heterocycles. The van der Waals surface area contributed by atoms with Gasteiger partial charge in [0.2, 0.25) is 0 Å². The number of hydrogen-bond donors (Lipinski definition) is 1. The minimum Gasteiger partial charge on any atom is -0.477 e. The minimum absolute atomic E-state index is 0.170. The Hall–Kier alpha value is -3.60. The maximum absolute atomic E-state index is 11.6. The fraction of sp³-hybridized carbons (Fsp3) is 0.0476.